The number of nitrogens with two attached hydrogens (primary N) is 1. The van der Waals surface area contributed by atoms with Crippen molar-refractivity contribution in [2.45, 2.75) is 104 Å². The van der Waals surface area contributed by atoms with Gasteiger partial charge >= 0.3 is 6.09 Å². The van der Waals surface area contributed by atoms with Crippen LogP contribution < -0.4 is 16.4 Å². The molecular weight excluding hydrogens is 520 g/mol. The van der Waals surface area contributed by atoms with Gasteiger partial charge in [-0.1, -0.05) is 56.3 Å². The van der Waals surface area contributed by atoms with E-state index in [-0.39, 0.29) is 12.8 Å². The van der Waals surface area contributed by atoms with Crippen LogP contribution in [0.15, 0.2) is 48.5 Å². The fourth-order valence-electron chi connectivity index (χ4n) is 4.37. The normalized spacial score (nSPS) is 13.1. The SMILES string of the molecule is CCc1ccc(C(C(=O)Nc2ccccc2C)N(C(=O)C(CCC(N)=O)NC(=O)OC(C)(C)C)C(C)(C)CC)cc1. The van der Waals surface area contributed by atoms with Crippen LogP contribution in [0, 0.1) is 6.92 Å². The second-order valence-corrected chi connectivity index (χ2v) is 11.9. The van der Waals surface area contributed by atoms with Gasteiger partial charge in [-0.25, -0.2) is 4.79 Å². The number of carbonyl (C=O) groups is 4. The van der Waals surface area contributed by atoms with Crippen LogP contribution in [-0.4, -0.2) is 45.9 Å². The van der Waals surface area contributed by atoms with Crippen LogP contribution in [0.3, 0.4) is 0 Å². The summed E-state index contributed by atoms with van der Waals surface area (Å²) in [7, 11) is 0. The van der Waals surface area contributed by atoms with Crippen molar-refractivity contribution in [1.29, 1.82) is 0 Å². The molecule has 9 heteroatoms. The third-order valence-electron chi connectivity index (χ3n) is 7.04. The van der Waals surface area contributed by atoms with E-state index in [1.807, 2.05) is 77.1 Å². The Morgan fingerprint density at radius 3 is 2.07 bits per heavy atom. The monoisotopic (exact) mass is 566 g/mol. The van der Waals surface area contributed by atoms with Crippen molar-refractivity contribution >= 4 is 29.5 Å². The predicted octanol–water partition coefficient (Wildman–Crippen LogP) is 5.41. The number of para-hydroxylation sites is 1. The van der Waals surface area contributed by atoms with Gasteiger partial charge < -0.3 is 26.0 Å². The summed E-state index contributed by atoms with van der Waals surface area (Å²) in [6.07, 6.45) is 0.332. The van der Waals surface area contributed by atoms with Crippen LogP contribution in [0.2, 0.25) is 0 Å². The zero-order valence-electron chi connectivity index (χ0n) is 25.7. The molecule has 0 radical (unpaired) electrons. The summed E-state index contributed by atoms with van der Waals surface area (Å²) in [5, 5.41) is 5.65. The fourth-order valence-corrected chi connectivity index (χ4v) is 4.37. The number of nitrogens with one attached hydrogen (secondary N) is 2. The quantitative estimate of drug-likeness (QED) is 0.316. The molecule has 2 aromatic carbocycles. The van der Waals surface area contributed by atoms with Crippen LogP contribution in [0.25, 0.3) is 0 Å². The molecule has 0 aliphatic heterocycles. The maximum absolute atomic E-state index is 14.4. The molecule has 2 rings (SSSR count). The maximum Gasteiger partial charge on any atom is 0.408 e. The van der Waals surface area contributed by atoms with Crippen molar-refractivity contribution < 1.29 is 23.9 Å². The molecule has 0 saturated heterocycles. The number of rotatable bonds is 12. The second-order valence-electron chi connectivity index (χ2n) is 11.9. The molecule has 2 aromatic rings. The Hall–Kier alpha value is -3.88. The molecule has 4 N–H and O–H groups in total. The lowest BCUT2D eigenvalue weighted by Crippen LogP contribution is -2.59. The summed E-state index contributed by atoms with van der Waals surface area (Å²) in [6, 6.07) is 12.8. The minimum Gasteiger partial charge on any atom is -0.444 e. The van der Waals surface area contributed by atoms with Crippen LogP contribution in [0.5, 0.6) is 0 Å². The van der Waals surface area contributed by atoms with E-state index in [1.54, 1.807) is 26.8 Å². The minimum absolute atomic E-state index is 0.0510. The molecule has 9 nitrogen and oxygen atoms in total. The van der Waals surface area contributed by atoms with E-state index in [2.05, 4.69) is 10.6 Å². The number of ether oxygens (including phenoxy) is 1. The van der Waals surface area contributed by atoms with Crippen LogP contribution in [0.1, 0.15) is 90.5 Å². The van der Waals surface area contributed by atoms with Crippen molar-refractivity contribution in [3.63, 3.8) is 0 Å². The van der Waals surface area contributed by atoms with E-state index in [1.165, 1.54) is 4.90 Å². The van der Waals surface area contributed by atoms with Gasteiger partial charge in [0.1, 0.15) is 17.7 Å². The first-order valence-electron chi connectivity index (χ1n) is 14.2. The summed E-state index contributed by atoms with van der Waals surface area (Å²) in [5.74, 6) is -1.53. The largest absolute Gasteiger partial charge is 0.444 e. The highest BCUT2D eigenvalue weighted by molar-refractivity contribution is 5.99. The summed E-state index contributed by atoms with van der Waals surface area (Å²) in [5.41, 5.74) is 7.00. The number of aryl methyl sites for hydroxylation is 2. The number of benzene rings is 2. The fraction of sp³-hybridized carbons (Fsp3) is 0.500. The number of amides is 4. The van der Waals surface area contributed by atoms with Gasteiger partial charge in [-0.3, -0.25) is 14.4 Å². The number of carbonyl (C=O) groups excluding carboxylic acids is 4. The molecule has 0 saturated carbocycles. The van der Waals surface area contributed by atoms with Gasteiger partial charge in [-0.05, 0) is 83.6 Å². The van der Waals surface area contributed by atoms with Crippen LogP contribution >= 0.6 is 0 Å². The third-order valence-corrected chi connectivity index (χ3v) is 7.04. The lowest BCUT2D eigenvalue weighted by Gasteiger charge is -2.44. The summed E-state index contributed by atoms with van der Waals surface area (Å²) in [6.45, 7) is 14.7. The van der Waals surface area contributed by atoms with Crippen molar-refractivity contribution in [1.82, 2.24) is 10.2 Å². The van der Waals surface area contributed by atoms with Crippen molar-refractivity contribution in [3.8, 4) is 0 Å². The number of hydrogen-bond donors (Lipinski definition) is 3. The highest BCUT2D eigenvalue weighted by atomic mass is 16.6. The van der Waals surface area contributed by atoms with E-state index in [4.69, 9.17) is 10.5 Å². The molecule has 224 valence electrons. The Morgan fingerprint density at radius 2 is 1.56 bits per heavy atom. The van der Waals surface area contributed by atoms with Crippen LogP contribution in [0.4, 0.5) is 10.5 Å². The number of hydrogen-bond acceptors (Lipinski definition) is 5. The second kappa shape index (κ2) is 14.1. The van der Waals surface area contributed by atoms with Gasteiger partial charge in [0, 0.05) is 17.6 Å². The molecule has 0 heterocycles. The molecule has 0 aromatic heterocycles. The van der Waals surface area contributed by atoms with E-state index >= 15 is 0 Å². The predicted molar refractivity (Wildman–Crippen MR) is 161 cm³/mol. The summed E-state index contributed by atoms with van der Waals surface area (Å²) >= 11 is 0. The molecule has 2 atom stereocenters. The van der Waals surface area contributed by atoms with E-state index in [0.29, 0.717) is 17.7 Å². The van der Waals surface area contributed by atoms with Gasteiger partial charge in [0.25, 0.3) is 5.91 Å². The Kier molecular flexibility index (Phi) is 11.5. The molecular formula is C32H46N4O5. The van der Waals surface area contributed by atoms with Gasteiger partial charge in [0.15, 0.2) is 0 Å². The van der Waals surface area contributed by atoms with Crippen molar-refractivity contribution in [2.24, 2.45) is 5.73 Å². The molecule has 2 unspecified atom stereocenters. The lowest BCUT2D eigenvalue weighted by molar-refractivity contribution is -0.148. The van der Waals surface area contributed by atoms with Crippen molar-refractivity contribution in [3.05, 3.63) is 65.2 Å². The molecule has 4 amide bonds. The van der Waals surface area contributed by atoms with E-state index in [0.717, 1.165) is 17.5 Å². The maximum atomic E-state index is 14.4. The van der Waals surface area contributed by atoms with E-state index in [9.17, 15) is 19.2 Å². The van der Waals surface area contributed by atoms with Gasteiger partial charge in [0.2, 0.25) is 11.8 Å². The van der Waals surface area contributed by atoms with Crippen molar-refractivity contribution in [2.75, 3.05) is 5.32 Å². The first kappa shape index (κ1) is 33.3. The van der Waals surface area contributed by atoms with E-state index < -0.39 is 47.0 Å². The first-order valence-corrected chi connectivity index (χ1v) is 14.2. The number of primary amides is 1. The highest BCUT2D eigenvalue weighted by Gasteiger charge is 2.43. The first-order chi connectivity index (χ1) is 19.1. The Labute approximate surface area is 244 Å². The molecule has 0 aliphatic carbocycles. The molecule has 0 bridgehead atoms. The zero-order chi connectivity index (χ0) is 31.0. The Bertz CT molecular complexity index is 1220. The molecule has 0 aliphatic rings. The Morgan fingerprint density at radius 1 is 0.951 bits per heavy atom. The molecule has 0 fully saturated rings. The minimum atomic E-state index is -1.16. The number of alkyl carbamates (subject to hydrolysis) is 1. The topological polar surface area (TPSA) is 131 Å². The van der Waals surface area contributed by atoms with Crippen LogP contribution in [-0.2, 0) is 25.5 Å². The smallest absolute Gasteiger partial charge is 0.408 e. The highest BCUT2D eigenvalue weighted by Crippen LogP contribution is 2.34. The summed E-state index contributed by atoms with van der Waals surface area (Å²) in [4.78, 5) is 54.6. The standard InChI is InChI=1S/C32H46N4O5/c1-9-22-15-17-23(18-16-22)27(28(38)34-24-14-12-11-13-21(24)3)36(32(7,8)10-2)29(39)25(19-20-26(33)37)35-30(40)41-31(4,5)6/h11-18,25,27H,9-10,19-20H2,1-8H3,(H2,33,37)(H,34,38)(H,35,40). The third kappa shape index (κ3) is 9.62. The zero-order valence-corrected chi connectivity index (χ0v) is 25.7. The molecule has 0 spiro atoms. The summed E-state index contributed by atoms with van der Waals surface area (Å²) < 4.78 is 5.41. The van der Waals surface area contributed by atoms with Gasteiger partial charge in [-0.2, -0.15) is 0 Å². The van der Waals surface area contributed by atoms with Gasteiger partial charge in [-0.15, -0.1) is 0 Å². The average molecular weight is 567 g/mol. The molecule has 41 heavy (non-hydrogen) atoms. The Balaban J connectivity index is 2.66. The number of nitrogens with zero attached hydrogens (tertiary/aromatic N) is 1. The lowest BCUT2D eigenvalue weighted by atomic mass is 9.91. The average Bonchev–Trinajstić information content (AvgIpc) is 2.89. The number of anilines is 1. The van der Waals surface area contributed by atoms with Gasteiger partial charge in [0.05, 0.1) is 0 Å².